The van der Waals surface area contributed by atoms with Crippen LogP contribution in [0.2, 0.25) is 0 Å². The Morgan fingerprint density at radius 1 is 0.604 bits per heavy atom. The molecule has 91 heavy (non-hydrogen) atoms. The van der Waals surface area contributed by atoms with Gasteiger partial charge in [-0.05, 0) is 86.4 Å². The molecule has 4 saturated heterocycles. The molecule has 29 nitrogen and oxygen atoms in total. The molecule has 0 aromatic heterocycles. The Bertz CT molecular complexity index is 2700. The van der Waals surface area contributed by atoms with E-state index >= 15 is 0 Å². The van der Waals surface area contributed by atoms with Gasteiger partial charge in [-0.1, -0.05) is 66.2 Å². The molecule has 14 N–H and O–H groups in total. The number of carbonyl (C=O) groups excluding carboxylic acids is 3. The highest BCUT2D eigenvalue weighted by Gasteiger charge is 2.77. The lowest BCUT2D eigenvalue weighted by atomic mass is 9.32. The van der Waals surface area contributed by atoms with Gasteiger partial charge in [-0.2, -0.15) is 0 Å². The number of aliphatic hydroxyl groups is 13. The van der Waals surface area contributed by atoms with Crippen LogP contribution in [0.4, 0.5) is 0 Å². The first-order valence-corrected chi connectivity index (χ1v) is 31.4. The number of aliphatic carboxylic acids is 1. The van der Waals surface area contributed by atoms with Gasteiger partial charge in [0.2, 0.25) is 0 Å². The van der Waals surface area contributed by atoms with E-state index < -0.39 is 236 Å². The van der Waals surface area contributed by atoms with Gasteiger partial charge in [0, 0.05) is 30.3 Å². The average Bonchev–Trinajstić information content (AvgIpc) is 0.662. The van der Waals surface area contributed by atoms with Gasteiger partial charge in [0.1, 0.15) is 104 Å². The molecule has 0 aromatic carbocycles. The average molecular weight is 1310 g/mol. The van der Waals surface area contributed by atoms with Crippen LogP contribution in [0.5, 0.6) is 0 Å². The predicted molar refractivity (Wildman–Crippen MR) is 305 cm³/mol. The van der Waals surface area contributed by atoms with Crippen LogP contribution in [0.25, 0.3) is 0 Å². The summed E-state index contributed by atoms with van der Waals surface area (Å²) in [5, 5.41) is 156. The van der Waals surface area contributed by atoms with Crippen LogP contribution in [0.3, 0.4) is 0 Å². The highest BCUT2D eigenvalue weighted by Crippen LogP contribution is 2.76. The summed E-state index contributed by atoms with van der Waals surface area (Å²) in [7, 11) is 0. The summed E-state index contributed by atoms with van der Waals surface area (Å²) in [5.41, 5.74) is -5.20. The summed E-state index contributed by atoms with van der Waals surface area (Å²) >= 11 is 0. The first-order chi connectivity index (χ1) is 42.5. The van der Waals surface area contributed by atoms with E-state index in [4.69, 9.17) is 52.1 Å². The van der Waals surface area contributed by atoms with Crippen LogP contribution in [0.1, 0.15) is 115 Å². The van der Waals surface area contributed by atoms with E-state index in [1.165, 1.54) is 13.8 Å². The predicted octanol–water partition coefficient (Wildman–Crippen LogP) is -2.29. The fourth-order valence-corrected chi connectivity index (χ4v) is 17.8. The molecule has 0 spiro atoms. The van der Waals surface area contributed by atoms with Gasteiger partial charge in [0.25, 0.3) is 0 Å². The van der Waals surface area contributed by atoms with E-state index in [2.05, 4.69) is 19.9 Å². The maximum absolute atomic E-state index is 13.9. The molecule has 31 atom stereocenters. The molecule has 0 aromatic rings. The summed E-state index contributed by atoms with van der Waals surface area (Å²) < 4.78 is 67.4. The quantitative estimate of drug-likeness (QED) is 0.0254. The number of hydrogen-bond donors (Lipinski definition) is 14. The number of rotatable bonds is 16. The molecule has 4 aliphatic heterocycles. The highest BCUT2D eigenvalue weighted by molar-refractivity contribution is 5.88. The van der Waals surface area contributed by atoms with Crippen molar-refractivity contribution in [2.75, 3.05) is 26.4 Å². The van der Waals surface area contributed by atoms with Crippen molar-refractivity contribution in [1.82, 2.24) is 0 Å². The van der Waals surface area contributed by atoms with Crippen LogP contribution in [0.15, 0.2) is 23.3 Å². The van der Waals surface area contributed by atoms with Crippen LogP contribution in [-0.2, 0) is 71.3 Å². The molecule has 0 amide bonds. The Hall–Kier alpha value is -3.48. The third kappa shape index (κ3) is 11.9. The number of hydrogen-bond acceptors (Lipinski definition) is 28. The van der Waals surface area contributed by atoms with Crippen molar-refractivity contribution in [2.24, 2.45) is 50.2 Å². The molecule has 4 heterocycles. The van der Waals surface area contributed by atoms with Gasteiger partial charge in [0.05, 0.1) is 37.9 Å². The van der Waals surface area contributed by atoms with E-state index in [1.54, 1.807) is 19.9 Å². The molecule has 0 radical (unpaired) electrons. The topological polar surface area (TPSA) is 453 Å². The van der Waals surface area contributed by atoms with Crippen molar-refractivity contribution in [3.05, 3.63) is 23.3 Å². The molecule has 5 aliphatic carbocycles. The smallest absolute Gasteiger partial charge is 0.335 e. The first-order valence-electron chi connectivity index (χ1n) is 31.4. The molecule has 0 unspecified atom stereocenters. The molecule has 518 valence electrons. The second-order valence-electron chi connectivity index (χ2n) is 28.7. The molecule has 0 bridgehead atoms. The van der Waals surface area contributed by atoms with Crippen LogP contribution < -0.4 is 0 Å². The minimum atomic E-state index is -2.28. The van der Waals surface area contributed by atoms with Gasteiger partial charge in [-0.25, -0.2) is 9.59 Å². The fraction of sp³-hybridized carbons (Fsp3) is 0.871. The van der Waals surface area contributed by atoms with Crippen molar-refractivity contribution < 1.29 is 143 Å². The number of carboxylic acid groups (broad SMARTS) is 1. The lowest BCUT2D eigenvalue weighted by Crippen LogP contribution is -2.77. The lowest BCUT2D eigenvalue weighted by molar-refractivity contribution is -0.401. The fourth-order valence-electron chi connectivity index (χ4n) is 17.8. The van der Waals surface area contributed by atoms with E-state index in [9.17, 15) is 90.7 Å². The van der Waals surface area contributed by atoms with Crippen molar-refractivity contribution in [3.8, 4) is 0 Å². The Kier molecular flexibility index (Phi) is 20.9. The molecule has 9 aliphatic rings. The highest BCUT2D eigenvalue weighted by atomic mass is 16.8. The van der Waals surface area contributed by atoms with Gasteiger partial charge in [0.15, 0.2) is 37.4 Å². The number of carbonyl (C=O) groups is 4. The third-order valence-electron chi connectivity index (χ3n) is 23.0. The van der Waals surface area contributed by atoms with Crippen molar-refractivity contribution in [1.29, 1.82) is 0 Å². The summed E-state index contributed by atoms with van der Waals surface area (Å²) in [5.74, 6) is -5.17. The summed E-state index contributed by atoms with van der Waals surface area (Å²) in [6.45, 7) is 16.3. The monoisotopic (exact) mass is 1300 g/mol. The van der Waals surface area contributed by atoms with Crippen molar-refractivity contribution >= 4 is 23.9 Å². The summed E-state index contributed by atoms with van der Waals surface area (Å²) in [6, 6.07) is 0. The molecular formula is C62H96O29. The van der Waals surface area contributed by atoms with Gasteiger partial charge < -0.3 is 124 Å². The first kappa shape index (κ1) is 71.8. The number of allylic oxidation sites excluding steroid dienone is 2. The van der Waals surface area contributed by atoms with Crippen molar-refractivity contribution in [2.45, 2.75) is 262 Å². The molecule has 29 heteroatoms. The number of esters is 3. The summed E-state index contributed by atoms with van der Waals surface area (Å²) in [4.78, 5) is 53.6. The molecular weight excluding hydrogens is 1210 g/mol. The van der Waals surface area contributed by atoms with E-state index in [1.807, 2.05) is 34.6 Å². The van der Waals surface area contributed by atoms with E-state index in [0.717, 1.165) is 5.57 Å². The molecule has 4 saturated carbocycles. The number of aliphatic hydroxyl groups excluding tert-OH is 13. The zero-order chi connectivity index (χ0) is 67.3. The van der Waals surface area contributed by atoms with Gasteiger partial charge >= 0.3 is 23.9 Å². The van der Waals surface area contributed by atoms with Crippen molar-refractivity contribution in [3.63, 3.8) is 0 Å². The maximum Gasteiger partial charge on any atom is 0.335 e. The minimum Gasteiger partial charge on any atom is -0.479 e. The SMILES string of the molecule is C/C=C(/C)C(=O)O[C@H]1[C@H](OC(C)=O)C(C)(C)C[C@H]2C3=CC[C@@H]4[C@@]5(C)CC[C@H](O[C@@H]6O[C@H](C(=O)O)[C@@H](O)[C@H](O[C@@H]7OC[C@@H](O)[C@H](O)[C@H]7O[C@@H]7O[C@H](CO)[C@@H](O)[C@H](O)[C@H]7O)[C@H]6O[C@@H]6O[C@H](CO)[C@H](O)[C@H](O)[C@H]6O)C(C)(C)[C@@H]5CC[C@@]4(C)[C@]3(C)[C@@H](O)[C@@H](OC(C)=O)[C@]21CO. The Labute approximate surface area is 527 Å². The van der Waals surface area contributed by atoms with Gasteiger partial charge in [-0.15, -0.1) is 0 Å². The normalized spacial score (nSPS) is 49.5. The zero-order valence-electron chi connectivity index (χ0n) is 53.2. The largest absolute Gasteiger partial charge is 0.479 e. The number of ether oxygens (including phenoxy) is 11. The van der Waals surface area contributed by atoms with Crippen LogP contribution in [-0.4, -0.2) is 269 Å². The Balaban J connectivity index is 1.07. The minimum absolute atomic E-state index is 0.224. The number of carboxylic acids is 1. The Morgan fingerprint density at radius 3 is 1.70 bits per heavy atom. The van der Waals surface area contributed by atoms with Crippen LogP contribution in [0, 0.1) is 50.2 Å². The second kappa shape index (κ2) is 26.5. The molecule has 9 rings (SSSR count). The standard InChI is InChI=1S/C62H96O29/c1-12-24(2)52(80)91-50-49(83-26(4)67)57(5,6)19-28-27-13-14-33-59(9)17-16-34(58(7,8)32(59)15-18-60(33,10)61(27,11)47(77)48(82-25(3)66)62(28,50)23-65)86-56-46(90-54-41(75)39(73)37(71)31(21-64)85-54)43(42(76)44(88-56)51(78)79)87-55-45(35(69)29(68)22-81-55)89-53-40(74)38(72)36(70)30(20-63)84-53/h12-13,28-50,53-56,63-65,68-77H,14-23H2,1-11H3,(H,78,79)/b24-12-/t28-,29+,30+,31+,32-,33+,34-,35-,36+,37-,38-,39-,40+,41+,42-,43-,44-,45+,46+,47-,48+,49-,50-,53-,54-,55-,56+,59-,60+,61-,62-/m0/s1. The lowest BCUT2D eigenvalue weighted by Gasteiger charge is -2.73. The van der Waals surface area contributed by atoms with E-state index in [0.29, 0.717) is 25.7 Å². The summed E-state index contributed by atoms with van der Waals surface area (Å²) in [6.07, 6.45) is -37.7. The Morgan fingerprint density at radius 2 is 1.16 bits per heavy atom. The maximum atomic E-state index is 13.9. The van der Waals surface area contributed by atoms with Gasteiger partial charge in [-0.3, -0.25) is 9.59 Å². The zero-order valence-corrected chi connectivity index (χ0v) is 53.2. The number of fused-ring (bicyclic) bond motifs is 7. The third-order valence-corrected chi connectivity index (χ3v) is 23.0. The second-order valence-corrected chi connectivity index (χ2v) is 28.7. The van der Waals surface area contributed by atoms with Crippen LogP contribution >= 0.6 is 0 Å². The van der Waals surface area contributed by atoms with E-state index in [-0.39, 0.29) is 30.3 Å². The molecule has 8 fully saturated rings.